The Morgan fingerprint density at radius 1 is 1.13 bits per heavy atom. The molecule has 0 saturated carbocycles. The summed E-state index contributed by atoms with van der Waals surface area (Å²) in [5, 5.41) is 9.97. The summed E-state index contributed by atoms with van der Waals surface area (Å²) in [5.41, 5.74) is 5.78. The monoisotopic (exact) mass is 546 g/mol. The molecule has 2 aromatic heterocycles. The minimum absolute atomic E-state index is 0.0991. The number of ether oxygens (including phenoxy) is 1. The Kier molecular flexibility index (Phi) is 7.97. The van der Waals surface area contributed by atoms with E-state index in [1.165, 1.54) is 0 Å². The van der Waals surface area contributed by atoms with Gasteiger partial charge in [-0.15, -0.1) is 23.1 Å². The van der Waals surface area contributed by atoms with Crippen LogP contribution < -0.4 is 10.2 Å². The molecule has 0 spiro atoms. The number of methoxy groups -OCH3 is 1. The zero-order chi connectivity index (χ0) is 26.6. The second-order valence-electron chi connectivity index (χ2n) is 9.18. The lowest BCUT2D eigenvalue weighted by Gasteiger charge is -2.23. The Morgan fingerprint density at radius 2 is 1.95 bits per heavy atom. The average molecular weight is 547 g/mol. The maximum absolute atomic E-state index is 13.7. The molecule has 0 bridgehead atoms. The summed E-state index contributed by atoms with van der Waals surface area (Å²) in [6, 6.07) is 20.4. The number of fused-ring (bicyclic) bond motifs is 1. The summed E-state index contributed by atoms with van der Waals surface area (Å²) < 4.78 is 6.94. The Hall–Kier alpha value is -3.40. The third kappa shape index (κ3) is 5.27. The maximum atomic E-state index is 13.7. The number of anilines is 1. The van der Waals surface area contributed by atoms with Crippen molar-refractivity contribution in [2.24, 2.45) is 0 Å². The topological polar surface area (TPSA) is 76.5 Å². The van der Waals surface area contributed by atoms with Gasteiger partial charge >= 0.3 is 0 Å². The molecule has 9 heteroatoms. The summed E-state index contributed by atoms with van der Waals surface area (Å²) in [6.45, 7) is 4.78. The first-order valence-electron chi connectivity index (χ1n) is 12.4. The van der Waals surface area contributed by atoms with Gasteiger partial charge in [0.15, 0.2) is 0 Å². The Labute approximate surface area is 230 Å². The number of nitrogens with zero attached hydrogens (tertiary/aromatic N) is 3. The first-order chi connectivity index (χ1) is 18.5. The largest absolute Gasteiger partial charge is 0.383 e. The summed E-state index contributed by atoms with van der Waals surface area (Å²) in [6.07, 6.45) is 0. The number of hydrogen-bond donors (Lipinski definition) is 1. The smallest absolute Gasteiger partial charge is 0.240 e. The number of nitrogens with one attached hydrogen (secondary N) is 1. The number of benzene rings is 2. The highest BCUT2D eigenvalue weighted by Crippen LogP contribution is 2.49. The molecule has 1 N–H and O–H groups in total. The van der Waals surface area contributed by atoms with Gasteiger partial charge in [-0.2, -0.15) is 5.10 Å². The van der Waals surface area contributed by atoms with Crippen LogP contribution in [-0.2, 0) is 14.3 Å². The van der Waals surface area contributed by atoms with Gasteiger partial charge in [-0.25, -0.2) is 4.68 Å². The molecule has 0 saturated heterocycles. The lowest BCUT2D eigenvalue weighted by atomic mass is 10.0. The third-order valence-corrected chi connectivity index (χ3v) is 8.77. The van der Waals surface area contributed by atoms with Crippen LogP contribution in [0.25, 0.3) is 16.9 Å². The van der Waals surface area contributed by atoms with Crippen LogP contribution in [0.1, 0.15) is 26.8 Å². The predicted molar refractivity (Wildman–Crippen MR) is 154 cm³/mol. The molecule has 2 amide bonds. The number of rotatable bonds is 8. The number of amides is 2. The lowest BCUT2D eigenvalue weighted by Crippen LogP contribution is -2.43. The number of hydrogen-bond acceptors (Lipinski definition) is 6. The molecule has 0 unspecified atom stereocenters. The number of thioether (sulfide) groups is 1. The third-order valence-electron chi connectivity index (χ3n) is 6.45. The number of aromatic nitrogens is 2. The van der Waals surface area contributed by atoms with E-state index in [1.807, 2.05) is 60.1 Å². The SMILES string of the molecule is COCCNC(=O)CN1C(=O)CS[C@H](c2cccs2)c2c(-c3ccccc3)nn(-c3ccc(C)cc3C)c21. The van der Waals surface area contributed by atoms with E-state index in [0.717, 1.165) is 38.5 Å². The quantitative estimate of drug-likeness (QED) is 0.310. The van der Waals surface area contributed by atoms with Gasteiger partial charge in [0, 0.05) is 29.7 Å². The van der Waals surface area contributed by atoms with Gasteiger partial charge in [0.2, 0.25) is 11.8 Å². The van der Waals surface area contributed by atoms with Crippen LogP contribution in [0.15, 0.2) is 66.0 Å². The average Bonchev–Trinajstić information content (AvgIpc) is 3.55. The van der Waals surface area contributed by atoms with Crippen LogP contribution in [0.5, 0.6) is 0 Å². The summed E-state index contributed by atoms with van der Waals surface area (Å²) in [5.74, 6) is 0.536. The Balaban J connectivity index is 1.75. The van der Waals surface area contributed by atoms with E-state index in [9.17, 15) is 9.59 Å². The summed E-state index contributed by atoms with van der Waals surface area (Å²) in [7, 11) is 1.59. The standard InChI is InChI=1S/C29H30N4O3S2/c1-19-11-12-22(20(2)16-19)33-29-26(27(31-33)21-8-5-4-6-9-21)28(23-10-7-15-37-23)38-18-25(35)32(29)17-24(34)30-13-14-36-3/h4-12,15-16,28H,13-14,17-18H2,1-3H3,(H,30,34)/t28-/m1/s1. The maximum Gasteiger partial charge on any atom is 0.240 e. The fourth-order valence-corrected chi connectivity index (χ4v) is 6.87. The van der Waals surface area contributed by atoms with E-state index in [-0.39, 0.29) is 29.4 Å². The summed E-state index contributed by atoms with van der Waals surface area (Å²) >= 11 is 3.25. The van der Waals surface area contributed by atoms with Gasteiger partial charge in [0.25, 0.3) is 0 Å². The van der Waals surface area contributed by atoms with Crippen molar-refractivity contribution in [2.75, 3.05) is 37.5 Å². The fourth-order valence-electron chi connectivity index (χ4n) is 4.70. The second-order valence-corrected chi connectivity index (χ2v) is 11.3. The highest BCUT2D eigenvalue weighted by atomic mass is 32.2. The predicted octanol–water partition coefficient (Wildman–Crippen LogP) is 5.15. The van der Waals surface area contributed by atoms with E-state index in [1.54, 1.807) is 35.1 Å². The fraction of sp³-hybridized carbons (Fsp3) is 0.276. The van der Waals surface area contributed by atoms with Crippen molar-refractivity contribution in [3.63, 3.8) is 0 Å². The van der Waals surface area contributed by atoms with E-state index in [2.05, 4.69) is 29.8 Å². The molecule has 2 aromatic carbocycles. The molecule has 0 fully saturated rings. The highest BCUT2D eigenvalue weighted by Gasteiger charge is 2.38. The van der Waals surface area contributed by atoms with Crippen molar-refractivity contribution < 1.29 is 14.3 Å². The van der Waals surface area contributed by atoms with E-state index in [4.69, 9.17) is 9.84 Å². The molecule has 4 aromatic rings. The number of carbonyl (C=O) groups excluding carboxylic acids is 2. The van der Waals surface area contributed by atoms with Crippen molar-refractivity contribution >= 4 is 40.7 Å². The van der Waals surface area contributed by atoms with Gasteiger partial charge in [0.1, 0.15) is 12.4 Å². The molecule has 38 heavy (non-hydrogen) atoms. The normalized spacial score (nSPS) is 15.3. The van der Waals surface area contributed by atoms with Crippen molar-refractivity contribution in [3.8, 4) is 16.9 Å². The second kappa shape index (κ2) is 11.6. The van der Waals surface area contributed by atoms with Crippen LogP contribution in [0.4, 0.5) is 5.82 Å². The highest BCUT2D eigenvalue weighted by molar-refractivity contribution is 8.00. The molecule has 1 aliphatic heterocycles. The van der Waals surface area contributed by atoms with Crippen LogP contribution in [-0.4, -0.2) is 54.2 Å². The summed E-state index contributed by atoms with van der Waals surface area (Å²) in [4.78, 5) is 29.4. The Bertz CT molecular complexity index is 1430. The van der Waals surface area contributed by atoms with Crippen molar-refractivity contribution in [3.05, 3.63) is 87.6 Å². The first-order valence-corrected chi connectivity index (χ1v) is 14.4. The number of carbonyl (C=O) groups is 2. The molecule has 0 radical (unpaired) electrons. The van der Waals surface area contributed by atoms with Gasteiger partial charge in [-0.1, -0.05) is 54.1 Å². The minimum Gasteiger partial charge on any atom is -0.383 e. The molecule has 3 heterocycles. The zero-order valence-electron chi connectivity index (χ0n) is 21.6. The molecule has 1 aliphatic rings. The van der Waals surface area contributed by atoms with Gasteiger partial charge in [-0.3, -0.25) is 14.5 Å². The van der Waals surface area contributed by atoms with E-state index >= 15 is 0 Å². The van der Waals surface area contributed by atoms with E-state index in [0.29, 0.717) is 19.0 Å². The Morgan fingerprint density at radius 3 is 2.66 bits per heavy atom. The molecule has 196 valence electrons. The van der Waals surface area contributed by atoms with Crippen LogP contribution >= 0.6 is 23.1 Å². The van der Waals surface area contributed by atoms with Crippen LogP contribution in [0.2, 0.25) is 0 Å². The molecular weight excluding hydrogens is 516 g/mol. The minimum atomic E-state index is -0.240. The van der Waals surface area contributed by atoms with Gasteiger partial charge in [0.05, 0.1) is 29.0 Å². The number of aryl methyl sites for hydroxylation is 2. The van der Waals surface area contributed by atoms with Crippen LogP contribution in [0, 0.1) is 13.8 Å². The van der Waals surface area contributed by atoms with Crippen molar-refractivity contribution in [1.29, 1.82) is 0 Å². The van der Waals surface area contributed by atoms with Crippen molar-refractivity contribution in [2.45, 2.75) is 19.1 Å². The molecular formula is C29H30N4O3S2. The molecule has 7 nitrogen and oxygen atoms in total. The molecule has 5 rings (SSSR count). The molecule has 0 aliphatic carbocycles. The zero-order valence-corrected chi connectivity index (χ0v) is 23.3. The van der Waals surface area contributed by atoms with E-state index < -0.39 is 0 Å². The first kappa shape index (κ1) is 26.2. The lowest BCUT2D eigenvalue weighted by molar-refractivity contribution is -0.123. The van der Waals surface area contributed by atoms with Crippen molar-refractivity contribution in [1.82, 2.24) is 15.1 Å². The van der Waals surface area contributed by atoms with Gasteiger partial charge in [-0.05, 0) is 36.9 Å². The van der Waals surface area contributed by atoms with Gasteiger partial charge < -0.3 is 10.1 Å². The van der Waals surface area contributed by atoms with Crippen LogP contribution in [0.3, 0.4) is 0 Å². The molecule has 1 atom stereocenters. The number of thiophene rings is 1.